The van der Waals surface area contributed by atoms with Crippen LogP contribution in [0.25, 0.3) is 0 Å². The van der Waals surface area contributed by atoms with E-state index >= 15 is 0 Å². The van der Waals surface area contributed by atoms with Crippen LogP contribution in [0, 0.1) is 11.7 Å². The Labute approximate surface area is 133 Å². The predicted molar refractivity (Wildman–Crippen MR) is 87.7 cm³/mol. The fourth-order valence-corrected chi connectivity index (χ4v) is 3.62. The minimum Gasteiger partial charge on any atom is -0.327 e. The molecule has 0 saturated heterocycles. The van der Waals surface area contributed by atoms with Gasteiger partial charge in [-0.2, -0.15) is 0 Å². The Bertz CT molecular complexity index is 641. The van der Waals surface area contributed by atoms with Crippen molar-refractivity contribution in [3.8, 4) is 0 Å². The number of hydrogen-bond acceptors (Lipinski definition) is 1. The first-order chi connectivity index (χ1) is 10.1. The van der Waals surface area contributed by atoms with E-state index in [2.05, 4.69) is 40.2 Å². The van der Waals surface area contributed by atoms with Crippen LogP contribution in [0.2, 0.25) is 0 Å². The molecule has 0 heterocycles. The second-order valence-corrected chi connectivity index (χ2v) is 6.79. The van der Waals surface area contributed by atoms with E-state index in [0.29, 0.717) is 17.9 Å². The number of fused-ring (bicyclic) bond motifs is 1. The number of nitrogens with two attached hydrogens (primary N) is 1. The number of rotatable bonds is 3. The predicted octanol–water partition coefficient (Wildman–Crippen LogP) is 4.26. The Balaban J connectivity index is 1.72. The number of benzene rings is 2. The van der Waals surface area contributed by atoms with Gasteiger partial charge in [0.1, 0.15) is 5.82 Å². The van der Waals surface area contributed by atoms with Crippen LogP contribution in [0.3, 0.4) is 0 Å². The summed E-state index contributed by atoms with van der Waals surface area (Å²) in [6, 6.07) is 13.6. The SMILES string of the molecule is NC(Cc1cc(Br)ccc1F)C1CCc2ccccc2C1. The molecule has 0 saturated carbocycles. The molecule has 0 aromatic heterocycles. The highest BCUT2D eigenvalue weighted by Gasteiger charge is 2.24. The van der Waals surface area contributed by atoms with Crippen molar-refractivity contribution < 1.29 is 4.39 Å². The Morgan fingerprint density at radius 1 is 1.19 bits per heavy atom. The molecule has 2 atom stereocenters. The molecular formula is C18H19BrFN. The molecule has 0 fully saturated rings. The van der Waals surface area contributed by atoms with E-state index in [0.717, 1.165) is 23.7 Å². The van der Waals surface area contributed by atoms with Gasteiger partial charge in [0.15, 0.2) is 0 Å². The molecule has 0 aliphatic heterocycles. The Kier molecular flexibility index (Phi) is 4.41. The Morgan fingerprint density at radius 3 is 2.76 bits per heavy atom. The average molecular weight is 348 g/mol. The second kappa shape index (κ2) is 6.29. The summed E-state index contributed by atoms with van der Waals surface area (Å²) in [6.45, 7) is 0. The van der Waals surface area contributed by atoms with E-state index in [9.17, 15) is 4.39 Å². The van der Waals surface area contributed by atoms with E-state index in [-0.39, 0.29) is 11.9 Å². The van der Waals surface area contributed by atoms with Gasteiger partial charge in [-0.3, -0.25) is 0 Å². The first kappa shape index (κ1) is 14.7. The quantitative estimate of drug-likeness (QED) is 0.881. The van der Waals surface area contributed by atoms with Gasteiger partial charge in [-0.15, -0.1) is 0 Å². The largest absolute Gasteiger partial charge is 0.327 e. The topological polar surface area (TPSA) is 26.0 Å². The highest BCUT2D eigenvalue weighted by atomic mass is 79.9. The minimum absolute atomic E-state index is 0.00200. The Hall–Kier alpha value is -1.19. The van der Waals surface area contributed by atoms with Crippen LogP contribution in [0.5, 0.6) is 0 Å². The zero-order valence-electron chi connectivity index (χ0n) is 11.9. The summed E-state index contributed by atoms with van der Waals surface area (Å²) < 4.78 is 14.8. The van der Waals surface area contributed by atoms with Crippen LogP contribution in [0.1, 0.15) is 23.1 Å². The van der Waals surface area contributed by atoms with Crippen molar-refractivity contribution in [3.63, 3.8) is 0 Å². The number of halogens is 2. The van der Waals surface area contributed by atoms with Crippen molar-refractivity contribution in [2.75, 3.05) is 0 Å². The van der Waals surface area contributed by atoms with Crippen molar-refractivity contribution in [1.29, 1.82) is 0 Å². The smallest absolute Gasteiger partial charge is 0.126 e. The standard InChI is InChI=1S/C18H19BrFN/c19-16-7-8-17(20)15(10-16)11-18(21)14-6-5-12-3-1-2-4-13(12)9-14/h1-4,7-8,10,14,18H,5-6,9,11,21H2. The molecule has 21 heavy (non-hydrogen) atoms. The van der Waals surface area contributed by atoms with Crippen LogP contribution >= 0.6 is 15.9 Å². The molecule has 110 valence electrons. The van der Waals surface area contributed by atoms with Gasteiger partial charge in [-0.25, -0.2) is 4.39 Å². The molecule has 0 bridgehead atoms. The summed E-state index contributed by atoms with van der Waals surface area (Å²) in [4.78, 5) is 0. The van der Waals surface area contributed by atoms with Gasteiger partial charge in [0.2, 0.25) is 0 Å². The molecular weight excluding hydrogens is 329 g/mol. The van der Waals surface area contributed by atoms with Gasteiger partial charge < -0.3 is 5.73 Å². The van der Waals surface area contributed by atoms with Gasteiger partial charge in [-0.05, 0) is 66.5 Å². The van der Waals surface area contributed by atoms with E-state index < -0.39 is 0 Å². The lowest BCUT2D eigenvalue weighted by Gasteiger charge is -2.29. The summed E-state index contributed by atoms with van der Waals surface area (Å²) >= 11 is 3.40. The third-order valence-corrected chi connectivity index (χ3v) is 4.95. The first-order valence-electron chi connectivity index (χ1n) is 7.40. The maximum atomic E-state index is 13.9. The van der Waals surface area contributed by atoms with Crippen LogP contribution < -0.4 is 5.73 Å². The van der Waals surface area contributed by atoms with Crippen LogP contribution in [0.15, 0.2) is 46.9 Å². The molecule has 2 aromatic carbocycles. The van der Waals surface area contributed by atoms with Crippen molar-refractivity contribution in [2.45, 2.75) is 31.7 Å². The van der Waals surface area contributed by atoms with Crippen molar-refractivity contribution >= 4 is 15.9 Å². The molecule has 2 aromatic rings. The van der Waals surface area contributed by atoms with Crippen molar-refractivity contribution in [1.82, 2.24) is 0 Å². The fourth-order valence-electron chi connectivity index (χ4n) is 3.21. The molecule has 0 spiro atoms. The zero-order chi connectivity index (χ0) is 14.8. The molecule has 2 unspecified atom stereocenters. The Morgan fingerprint density at radius 2 is 1.95 bits per heavy atom. The number of hydrogen-bond donors (Lipinski definition) is 1. The average Bonchev–Trinajstić information content (AvgIpc) is 2.50. The molecule has 3 rings (SSSR count). The summed E-state index contributed by atoms with van der Waals surface area (Å²) in [5.41, 5.74) is 9.92. The summed E-state index contributed by atoms with van der Waals surface area (Å²) in [7, 11) is 0. The third kappa shape index (κ3) is 3.35. The van der Waals surface area contributed by atoms with E-state index in [1.807, 2.05) is 6.07 Å². The van der Waals surface area contributed by atoms with E-state index in [1.165, 1.54) is 17.2 Å². The lowest BCUT2D eigenvalue weighted by molar-refractivity contribution is 0.369. The summed E-state index contributed by atoms with van der Waals surface area (Å²) in [6.07, 6.45) is 3.77. The first-order valence-corrected chi connectivity index (χ1v) is 8.19. The second-order valence-electron chi connectivity index (χ2n) is 5.88. The minimum atomic E-state index is -0.162. The molecule has 0 amide bonds. The highest BCUT2D eigenvalue weighted by Crippen LogP contribution is 2.28. The van der Waals surface area contributed by atoms with Gasteiger partial charge in [-0.1, -0.05) is 40.2 Å². The zero-order valence-corrected chi connectivity index (χ0v) is 13.4. The van der Waals surface area contributed by atoms with Gasteiger partial charge >= 0.3 is 0 Å². The molecule has 2 N–H and O–H groups in total. The summed E-state index contributed by atoms with van der Waals surface area (Å²) in [5, 5.41) is 0. The molecule has 0 radical (unpaired) electrons. The third-order valence-electron chi connectivity index (χ3n) is 4.45. The lowest BCUT2D eigenvalue weighted by Crippen LogP contribution is -2.36. The van der Waals surface area contributed by atoms with Gasteiger partial charge in [0.05, 0.1) is 0 Å². The lowest BCUT2D eigenvalue weighted by atomic mass is 9.79. The van der Waals surface area contributed by atoms with E-state index in [4.69, 9.17) is 5.73 Å². The van der Waals surface area contributed by atoms with Crippen LogP contribution in [-0.4, -0.2) is 6.04 Å². The van der Waals surface area contributed by atoms with Gasteiger partial charge in [0, 0.05) is 10.5 Å². The molecule has 3 heteroatoms. The maximum absolute atomic E-state index is 13.9. The maximum Gasteiger partial charge on any atom is 0.126 e. The highest BCUT2D eigenvalue weighted by molar-refractivity contribution is 9.10. The van der Waals surface area contributed by atoms with Crippen molar-refractivity contribution in [3.05, 3.63) is 69.4 Å². The monoisotopic (exact) mass is 347 g/mol. The molecule has 1 nitrogen and oxygen atoms in total. The fraction of sp³-hybridized carbons (Fsp3) is 0.333. The molecule has 1 aliphatic carbocycles. The van der Waals surface area contributed by atoms with Crippen LogP contribution in [0.4, 0.5) is 4.39 Å². The number of aryl methyl sites for hydroxylation is 1. The molecule has 1 aliphatic rings. The van der Waals surface area contributed by atoms with E-state index in [1.54, 1.807) is 6.07 Å². The summed E-state index contributed by atoms with van der Waals surface area (Å²) in [5.74, 6) is 0.267. The normalized spacial score (nSPS) is 19.1. The van der Waals surface area contributed by atoms with Crippen molar-refractivity contribution in [2.24, 2.45) is 11.7 Å². The van der Waals surface area contributed by atoms with Gasteiger partial charge in [0.25, 0.3) is 0 Å². The van der Waals surface area contributed by atoms with Crippen LogP contribution in [-0.2, 0) is 19.3 Å².